The molecule has 1 aliphatic rings. The van der Waals surface area contributed by atoms with E-state index in [1.54, 1.807) is 0 Å². The molecule has 24 heavy (non-hydrogen) atoms. The van der Waals surface area contributed by atoms with Crippen LogP contribution in [-0.2, 0) is 13.0 Å². The lowest BCUT2D eigenvalue weighted by Gasteiger charge is -2.32. The first kappa shape index (κ1) is 16.7. The average molecular weight is 327 g/mol. The Labute approximate surface area is 142 Å². The third-order valence-corrected chi connectivity index (χ3v) is 4.38. The van der Waals surface area contributed by atoms with Crippen molar-refractivity contribution in [3.8, 4) is 0 Å². The number of aromatic amines is 1. The fourth-order valence-electron chi connectivity index (χ4n) is 2.84. The number of benzene rings is 1. The fraction of sp³-hybridized carbons (Fsp3) is 0.444. The Morgan fingerprint density at radius 1 is 1.17 bits per heavy atom. The van der Waals surface area contributed by atoms with E-state index in [0.717, 1.165) is 50.5 Å². The normalized spacial score (nSPS) is 16.2. The summed E-state index contributed by atoms with van der Waals surface area (Å²) in [5.41, 5.74) is 2.88. The molecule has 0 aliphatic carbocycles. The highest BCUT2D eigenvalue weighted by Crippen LogP contribution is 2.15. The van der Waals surface area contributed by atoms with Crippen molar-refractivity contribution in [2.45, 2.75) is 19.9 Å². The molecule has 0 atom stereocenters. The third-order valence-electron chi connectivity index (χ3n) is 4.38. The van der Waals surface area contributed by atoms with Gasteiger partial charge in [0, 0.05) is 50.2 Å². The third kappa shape index (κ3) is 4.43. The van der Waals surface area contributed by atoms with Gasteiger partial charge >= 0.3 is 0 Å². The van der Waals surface area contributed by atoms with Gasteiger partial charge in [-0.25, -0.2) is 4.98 Å². The van der Waals surface area contributed by atoms with Gasteiger partial charge in [0.15, 0.2) is 0 Å². The van der Waals surface area contributed by atoms with Gasteiger partial charge < -0.3 is 10.2 Å². The molecule has 3 rings (SSSR count). The van der Waals surface area contributed by atoms with Crippen LogP contribution >= 0.6 is 0 Å². The van der Waals surface area contributed by atoms with Crippen LogP contribution in [0.4, 0.5) is 11.6 Å². The van der Waals surface area contributed by atoms with E-state index in [4.69, 9.17) is 0 Å². The first-order chi connectivity index (χ1) is 11.6. The summed E-state index contributed by atoms with van der Waals surface area (Å²) < 4.78 is 0. The Kier molecular flexibility index (Phi) is 5.27. The second-order valence-corrected chi connectivity index (χ2v) is 6.34. The van der Waals surface area contributed by atoms with E-state index in [9.17, 15) is 4.79 Å². The smallest absolute Gasteiger partial charge is 0.252 e. The molecule has 1 fully saturated rings. The number of aromatic nitrogens is 2. The Morgan fingerprint density at radius 3 is 2.54 bits per heavy atom. The van der Waals surface area contributed by atoms with Crippen molar-refractivity contribution < 1.29 is 0 Å². The van der Waals surface area contributed by atoms with Crippen molar-refractivity contribution in [1.82, 2.24) is 19.8 Å². The van der Waals surface area contributed by atoms with Crippen molar-refractivity contribution in [3.63, 3.8) is 0 Å². The van der Waals surface area contributed by atoms with Crippen molar-refractivity contribution in [2.24, 2.45) is 0 Å². The van der Waals surface area contributed by atoms with Crippen molar-refractivity contribution in [1.29, 1.82) is 0 Å². The van der Waals surface area contributed by atoms with E-state index >= 15 is 0 Å². The van der Waals surface area contributed by atoms with Crippen LogP contribution in [0.1, 0.15) is 18.2 Å². The van der Waals surface area contributed by atoms with E-state index in [2.05, 4.69) is 44.3 Å². The number of likely N-dealkylation sites (N-methyl/N-ethyl adjacent to an activating group) is 1. The number of piperazine rings is 1. The van der Waals surface area contributed by atoms with Crippen LogP contribution in [0, 0.1) is 0 Å². The molecule has 0 unspecified atom stereocenters. The zero-order valence-corrected chi connectivity index (χ0v) is 14.4. The van der Waals surface area contributed by atoms with E-state index in [0.29, 0.717) is 5.95 Å². The van der Waals surface area contributed by atoms with Crippen LogP contribution in [0.15, 0.2) is 35.1 Å². The van der Waals surface area contributed by atoms with Gasteiger partial charge in [0.2, 0.25) is 5.95 Å². The zero-order valence-electron chi connectivity index (χ0n) is 14.4. The molecule has 1 saturated heterocycles. The Hall–Kier alpha value is -2.18. The summed E-state index contributed by atoms with van der Waals surface area (Å²) in [7, 11) is 2.17. The molecule has 6 nitrogen and oxygen atoms in total. The topological polar surface area (TPSA) is 64.3 Å². The Balaban J connectivity index is 1.62. The molecular weight excluding hydrogens is 302 g/mol. The van der Waals surface area contributed by atoms with Crippen LogP contribution in [0.5, 0.6) is 0 Å². The van der Waals surface area contributed by atoms with Crippen LogP contribution in [0.3, 0.4) is 0 Å². The molecule has 6 heteroatoms. The second-order valence-electron chi connectivity index (χ2n) is 6.34. The van der Waals surface area contributed by atoms with Crippen molar-refractivity contribution >= 4 is 11.6 Å². The molecule has 1 aromatic heterocycles. The van der Waals surface area contributed by atoms with Gasteiger partial charge in [0.25, 0.3) is 5.56 Å². The number of rotatable bonds is 5. The van der Waals surface area contributed by atoms with Gasteiger partial charge in [-0.2, -0.15) is 0 Å². The fourth-order valence-corrected chi connectivity index (χ4v) is 2.84. The summed E-state index contributed by atoms with van der Waals surface area (Å²) in [4.78, 5) is 23.6. The highest BCUT2D eigenvalue weighted by atomic mass is 16.1. The molecule has 2 heterocycles. The molecule has 0 radical (unpaired) electrons. The number of anilines is 2. The van der Waals surface area contributed by atoms with E-state index in [1.165, 1.54) is 11.6 Å². The Morgan fingerprint density at radius 2 is 1.88 bits per heavy atom. The van der Waals surface area contributed by atoms with Gasteiger partial charge in [-0.1, -0.05) is 19.1 Å². The predicted octanol–water partition coefficient (Wildman–Crippen LogP) is 1.82. The molecule has 2 aromatic rings. The summed E-state index contributed by atoms with van der Waals surface area (Å²) in [5, 5.41) is 3.17. The number of hydrogen-bond acceptors (Lipinski definition) is 5. The van der Waals surface area contributed by atoms with Gasteiger partial charge in [-0.3, -0.25) is 14.7 Å². The molecule has 0 saturated carbocycles. The number of H-pyrrole nitrogens is 1. The molecular formula is C18H25N5O. The molecule has 0 amide bonds. The summed E-state index contributed by atoms with van der Waals surface area (Å²) >= 11 is 0. The largest absolute Gasteiger partial charge is 0.326 e. The lowest BCUT2D eigenvalue weighted by atomic mass is 10.2. The molecule has 1 aliphatic heterocycles. The minimum Gasteiger partial charge on any atom is -0.326 e. The van der Waals surface area contributed by atoms with Crippen LogP contribution in [0.25, 0.3) is 0 Å². The number of aryl methyl sites for hydroxylation is 1. The monoisotopic (exact) mass is 327 g/mol. The number of nitrogens with zero attached hydrogens (tertiary/aromatic N) is 3. The summed E-state index contributed by atoms with van der Waals surface area (Å²) in [6, 6.07) is 9.85. The minimum atomic E-state index is -0.129. The predicted molar refractivity (Wildman–Crippen MR) is 96.7 cm³/mol. The summed E-state index contributed by atoms with van der Waals surface area (Å²) in [5.74, 6) is 0.492. The lowest BCUT2D eigenvalue weighted by Crippen LogP contribution is -2.43. The quantitative estimate of drug-likeness (QED) is 0.877. The molecule has 128 valence electrons. The number of nitrogens with one attached hydrogen (secondary N) is 2. The Bertz CT molecular complexity index is 717. The maximum Gasteiger partial charge on any atom is 0.252 e. The van der Waals surface area contributed by atoms with E-state index < -0.39 is 0 Å². The maximum atomic E-state index is 11.6. The minimum absolute atomic E-state index is 0.129. The first-order valence-electron chi connectivity index (χ1n) is 8.49. The molecule has 0 bridgehead atoms. The highest BCUT2D eigenvalue weighted by Gasteiger charge is 2.13. The van der Waals surface area contributed by atoms with E-state index in [-0.39, 0.29) is 5.56 Å². The SMILES string of the molecule is CCc1cc(=O)[nH]c(Nc2ccc(CN3CCN(C)CC3)cc2)n1. The lowest BCUT2D eigenvalue weighted by molar-refractivity contribution is 0.148. The molecule has 0 spiro atoms. The second kappa shape index (κ2) is 7.59. The van der Waals surface area contributed by atoms with Crippen LogP contribution in [-0.4, -0.2) is 53.0 Å². The van der Waals surface area contributed by atoms with Crippen molar-refractivity contribution in [3.05, 3.63) is 51.9 Å². The van der Waals surface area contributed by atoms with Gasteiger partial charge in [0.05, 0.1) is 0 Å². The number of hydrogen-bond donors (Lipinski definition) is 2. The summed E-state index contributed by atoms with van der Waals surface area (Å²) in [6.07, 6.45) is 0.739. The zero-order chi connectivity index (χ0) is 16.9. The van der Waals surface area contributed by atoms with Crippen molar-refractivity contribution in [2.75, 3.05) is 38.5 Å². The first-order valence-corrected chi connectivity index (χ1v) is 8.49. The van der Waals surface area contributed by atoms with Gasteiger partial charge in [-0.05, 0) is 31.2 Å². The average Bonchev–Trinajstić information content (AvgIpc) is 2.58. The summed E-state index contributed by atoms with van der Waals surface area (Å²) in [6.45, 7) is 7.46. The van der Waals surface area contributed by atoms with Crippen LogP contribution in [0.2, 0.25) is 0 Å². The van der Waals surface area contributed by atoms with E-state index in [1.807, 2.05) is 19.1 Å². The molecule has 1 aromatic carbocycles. The standard InChI is InChI=1S/C18H25N5O/c1-3-15-12-17(24)21-18(19-15)20-16-6-4-14(5-7-16)13-23-10-8-22(2)9-11-23/h4-7,12H,3,8-11,13H2,1-2H3,(H2,19,20,21,24). The highest BCUT2D eigenvalue weighted by molar-refractivity contribution is 5.53. The van der Waals surface area contributed by atoms with Gasteiger partial charge in [-0.15, -0.1) is 0 Å². The van der Waals surface area contributed by atoms with Gasteiger partial charge in [0.1, 0.15) is 0 Å². The van der Waals surface area contributed by atoms with Crippen LogP contribution < -0.4 is 10.9 Å². The maximum absolute atomic E-state index is 11.6. The molecule has 2 N–H and O–H groups in total.